The summed E-state index contributed by atoms with van der Waals surface area (Å²) < 4.78 is 43.4. The second-order valence-electron chi connectivity index (χ2n) is 4.59. The molecule has 0 fully saturated rings. The van der Waals surface area contributed by atoms with Crippen LogP contribution in [0.5, 0.6) is 5.75 Å². The molecule has 0 radical (unpaired) electrons. The molecular formula is C15H12ClF3N2O2. The topological polar surface area (TPSA) is 64.3 Å². The number of hydrogen-bond acceptors (Lipinski definition) is 3. The van der Waals surface area contributed by atoms with Gasteiger partial charge in [0.25, 0.3) is 5.91 Å². The number of nitrogens with one attached hydrogen (secondary N) is 1. The summed E-state index contributed by atoms with van der Waals surface area (Å²) in [4.78, 5) is 11.7. The first-order chi connectivity index (χ1) is 10.8. The molecule has 0 unspecified atom stereocenters. The summed E-state index contributed by atoms with van der Waals surface area (Å²) in [6, 6.07) is 9.45. The predicted molar refractivity (Wildman–Crippen MR) is 81.4 cm³/mol. The van der Waals surface area contributed by atoms with Gasteiger partial charge in [-0.2, -0.15) is 13.2 Å². The number of carbonyl (C=O) groups excluding carboxylic acids is 1. The molecule has 0 heterocycles. The molecule has 0 aliphatic rings. The summed E-state index contributed by atoms with van der Waals surface area (Å²) in [6.07, 6.45) is -4.59. The fourth-order valence-corrected chi connectivity index (χ4v) is 1.88. The third kappa shape index (κ3) is 4.79. The van der Waals surface area contributed by atoms with Crippen LogP contribution >= 0.6 is 11.6 Å². The first kappa shape index (κ1) is 17.0. The average Bonchev–Trinajstić information content (AvgIpc) is 2.47. The number of rotatable bonds is 4. The van der Waals surface area contributed by atoms with E-state index in [0.29, 0.717) is 10.8 Å². The lowest BCUT2D eigenvalue weighted by Gasteiger charge is -2.12. The van der Waals surface area contributed by atoms with Gasteiger partial charge in [0.2, 0.25) is 0 Å². The molecular weight excluding hydrogens is 333 g/mol. The van der Waals surface area contributed by atoms with E-state index in [1.165, 1.54) is 6.07 Å². The van der Waals surface area contributed by atoms with E-state index in [0.717, 1.165) is 12.1 Å². The molecule has 2 aromatic rings. The number of hydrogen-bond donors (Lipinski definition) is 2. The number of carbonyl (C=O) groups is 1. The Balaban J connectivity index is 1.99. The Labute approximate surface area is 135 Å². The van der Waals surface area contributed by atoms with Crippen molar-refractivity contribution in [3.05, 3.63) is 53.1 Å². The molecule has 0 spiro atoms. The quantitative estimate of drug-likeness (QED) is 0.825. The first-order valence-electron chi connectivity index (χ1n) is 6.40. The molecule has 1 amide bonds. The third-order valence-corrected chi connectivity index (χ3v) is 3.08. The van der Waals surface area contributed by atoms with E-state index in [1.54, 1.807) is 24.3 Å². The Hall–Kier alpha value is -2.41. The van der Waals surface area contributed by atoms with Crippen molar-refractivity contribution in [1.29, 1.82) is 0 Å². The van der Waals surface area contributed by atoms with Crippen LogP contribution in [0.15, 0.2) is 42.5 Å². The monoisotopic (exact) mass is 344 g/mol. The molecule has 0 aromatic heterocycles. The summed E-state index contributed by atoms with van der Waals surface area (Å²) in [7, 11) is 0. The van der Waals surface area contributed by atoms with Crippen LogP contribution in [0.3, 0.4) is 0 Å². The number of nitrogen functional groups attached to an aromatic ring is 1. The van der Waals surface area contributed by atoms with Gasteiger partial charge in [-0.25, -0.2) is 0 Å². The summed E-state index contributed by atoms with van der Waals surface area (Å²) in [5, 5.41) is 2.83. The first-order valence-corrected chi connectivity index (χ1v) is 6.78. The second kappa shape index (κ2) is 6.78. The third-order valence-electron chi connectivity index (χ3n) is 2.83. The highest BCUT2D eigenvalue weighted by Gasteiger charge is 2.33. The standard InChI is InChI=1S/C15H12ClF3N2O2/c16-9-1-4-11(5-2-9)23-8-14(22)21-10-3-6-13(20)12(7-10)15(17,18)19/h1-7H,8,20H2,(H,21,22). The summed E-state index contributed by atoms with van der Waals surface area (Å²) in [5.41, 5.74) is 3.85. The maximum Gasteiger partial charge on any atom is 0.418 e. The Morgan fingerprint density at radius 2 is 1.83 bits per heavy atom. The Bertz CT molecular complexity index is 703. The van der Waals surface area contributed by atoms with Crippen LogP contribution in [0.1, 0.15) is 5.56 Å². The van der Waals surface area contributed by atoms with Crippen molar-refractivity contribution in [3.8, 4) is 5.75 Å². The lowest BCUT2D eigenvalue weighted by Crippen LogP contribution is -2.20. The van der Waals surface area contributed by atoms with Gasteiger partial charge in [-0.05, 0) is 42.5 Å². The number of amides is 1. The van der Waals surface area contributed by atoms with Gasteiger partial charge in [-0.3, -0.25) is 4.79 Å². The van der Waals surface area contributed by atoms with Gasteiger partial charge in [-0.1, -0.05) is 11.6 Å². The molecule has 122 valence electrons. The zero-order chi connectivity index (χ0) is 17.0. The molecule has 0 bridgehead atoms. The minimum Gasteiger partial charge on any atom is -0.484 e. The van der Waals surface area contributed by atoms with E-state index in [1.807, 2.05) is 0 Å². The van der Waals surface area contributed by atoms with Crippen molar-refractivity contribution in [2.45, 2.75) is 6.18 Å². The smallest absolute Gasteiger partial charge is 0.418 e. The van der Waals surface area contributed by atoms with Crippen LogP contribution in [0.25, 0.3) is 0 Å². The molecule has 0 saturated carbocycles. The SMILES string of the molecule is Nc1ccc(NC(=O)COc2ccc(Cl)cc2)cc1C(F)(F)F. The van der Waals surface area contributed by atoms with Gasteiger partial charge in [0, 0.05) is 16.4 Å². The van der Waals surface area contributed by atoms with E-state index in [2.05, 4.69) is 5.32 Å². The lowest BCUT2D eigenvalue weighted by molar-refractivity contribution is -0.136. The van der Waals surface area contributed by atoms with Crippen LogP contribution in [-0.4, -0.2) is 12.5 Å². The maximum absolute atomic E-state index is 12.7. The van der Waals surface area contributed by atoms with Gasteiger partial charge in [0.05, 0.1) is 5.56 Å². The molecule has 2 rings (SSSR count). The molecule has 4 nitrogen and oxygen atoms in total. The summed E-state index contributed by atoms with van der Waals surface area (Å²) in [6.45, 7) is -0.354. The van der Waals surface area contributed by atoms with Gasteiger partial charge in [0.15, 0.2) is 6.61 Å². The predicted octanol–water partition coefficient (Wildman–Crippen LogP) is 3.96. The van der Waals surface area contributed by atoms with Gasteiger partial charge < -0.3 is 15.8 Å². The molecule has 23 heavy (non-hydrogen) atoms. The zero-order valence-electron chi connectivity index (χ0n) is 11.7. The molecule has 0 aliphatic carbocycles. The summed E-state index contributed by atoms with van der Waals surface area (Å²) >= 11 is 5.71. The van der Waals surface area contributed by atoms with E-state index in [4.69, 9.17) is 22.1 Å². The average molecular weight is 345 g/mol. The van der Waals surface area contributed by atoms with Crippen molar-refractivity contribution in [2.75, 3.05) is 17.7 Å². The van der Waals surface area contributed by atoms with Crippen molar-refractivity contribution in [1.82, 2.24) is 0 Å². The molecule has 2 aromatic carbocycles. The normalized spacial score (nSPS) is 11.1. The number of ether oxygens (including phenoxy) is 1. The number of nitrogens with two attached hydrogens (primary N) is 1. The number of halogens is 4. The van der Waals surface area contributed by atoms with Crippen molar-refractivity contribution in [3.63, 3.8) is 0 Å². The van der Waals surface area contributed by atoms with Crippen LogP contribution < -0.4 is 15.8 Å². The van der Waals surface area contributed by atoms with Crippen LogP contribution in [-0.2, 0) is 11.0 Å². The van der Waals surface area contributed by atoms with Crippen LogP contribution in [0.2, 0.25) is 5.02 Å². The largest absolute Gasteiger partial charge is 0.484 e. The zero-order valence-corrected chi connectivity index (χ0v) is 12.4. The number of anilines is 2. The van der Waals surface area contributed by atoms with E-state index >= 15 is 0 Å². The van der Waals surface area contributed by atoms with Gasteiger partial charge >= 0.3 is 6.18 Å². The van der Waals surface area contributed by atoms with Crippen molar-refractivity contribution in [2.24, 2.45) is 0 Å². The molecule has 0 atom stereocenters. The Morgan fingerprint density at radius 3 is 2.43 bits per heavy atom. The van der Waals surface area contributed by atoms with E-state index in [9.17, 15) is 18.0 Å². The van der Waals surface area contributed by atoms with Crippen LogP contribution in [0.4, 0.5) is 24.5 Å². The lowest BCUT2D eigenvalue weighted by atomic mass is 10.1. The van der Waals surface area contributed by atoms with E-state index < -0.39 is 23.3 Å². The fraction of sp³-hybridized carbons (Fsp3) is 0.133. The fourth-order valence-electron chi connectivity index (χ4n) is 1.76. The summed E-state index contributed by atoms with van der Waals surface area (Å²) in [5.74, 6) is -0.185. The Morgan fingerprint density at radius 1 is 1.17 bits per heavy atom. The molecule has 3 N–H and O–H groups in total. The molecule has 0 saturated heterocycles. The molecule has 0 aliphatic heterocycles. The minimum atomic E-state index is -4.59. The van der Waals surface area contributed by atoms with Crippen LogP contribution in [0, 0.1) is 0 Å². The highest BCUT2D eigenvalue weighted by molar-refractivity contribution is 6.30. The number of benzene rings is 2. The highest BCUT2D eigenvalue weighted by Crippen LogP contribution is 2.35. The van der Waals surface area contributed by atoms with Crippen molar-refractivity contribution < 1.29 is 22.7 Å². The Kier molecular flexibility index (Phi) is 5.00. The maximum atomic E-state index is 12.7. The van der Waals surface area contributed by atoms with Gasteiger partial charge in [-0.15, -0.1) is 0 Å². The highest BCUT2D eigenvalue weighted by atomic mass is 35.5. The van der Waals surface area contributed by atoms with E-state index in [-0.39, 0.29) is 12.3 Å². The molecule has 8 heteroatoms. The number of alkyl halides is 3. The van der Waals surface area contributed by atoms with Gasteiger partial charge in [0.1, 0.15) is 5.75 Å². The minimum absolute atomic E-state index is 0.0174. The second-order valence-corrected chi connectivity index (χ2v) is 5.03. The van der Waals surface area contributed by atoms with Crippen molar-refractivity contribution >= 4 is 28.9 Å².